The number of hydrogen-bond acceptors (Lipinski definition) is 5. The molecule has 1 aliphatic rings. The molecule has 1 atom stereocenters. The fraction of sp³-hybridized carbons (Fsp3) is 0.350. The Morgan fingerprint density at radius 1 is 1.37 bits per heavy atom. The number of benzene rings is 1. The van der Waals surface area contributed by atoms with Crippen LogP contribution in [0.25, 0.3) is 16.9 Å². The number of fused-ring (bicyclic) bond motifs is 1. The van der Waals surface area contributed by atoms with Gasteiger partial charge in [0, 0.05) is 55.4 Å². The first-order valence-corrected chi connectivity index (χ1v) is 9.42. The summed E-state index contributed by atoms with van der Waals surface area (Å²) >= 11 is 6.30. The first kappa shape index (κ1) is 18.1. The minimum Gasteiger partial charge on any atom is -0.495 e. The monoisotopic (exact) mass is 386 g/mol. The minimum atomic E-state index is -0.111. The second-order valence-electron chi connectivity index (χ2n) is 6.83. The van der Waals surface area contributed by atoms with Crippen LogP contribution in [0.3, 0.4) is 0 Å². The summed E-state index contributed by atoms with van der Waals surface area (Å²) in [6.45, 7) is 5.06. The average molecular weight is 387 g/mol. The van der Waals surface area contributed by atoms with Crippen LogP contribution in [-0.2, 0) is 6.61 Å². The summed E-state index contributed by atoms with van der Waals surface area (Å²) in [7, 11) is 1.56. The summed E-state index contributed by atoms with van der Waals surface area (Å²) in [6, 6.07) is 8.23. The van der Waals surface area contributed by atoms with Crippen molar-refractivity contribution < 1.29 is 9.84 Å². The van der Waals surface area contributed by atoms with Gasteiger partial charge in [-0.25, -0.2) is 4.98 Å². The molecule has 7 heteroatoms. The fourth-order valence-electron chi connectivity index (χ4n) is 3.63. The third kappa shape index (κ3) is 3.36. The van der Waals surface area contributed by atoms with Gasteiger partial charge in [0.05, 0.1) is 24.4 Å². The number of halogens is 1. The summed E-state index contributed by atoms with van der Waals surface area (Å²) in [5, 5.41) is 13.7. The molecule has 142 valence electrons. The first-order chi connectivity index (χ1) is 13.1. The van der Waals surface area contributed by atoms with Crippen molar-refractivity contribution in [1.82, 2.24) is 14.7 Å². The molecule has 3 heterocycles. The highest BCUT2D eigenvalue weighted by molar-refractivity contribution is 6.32. The Bertz CT molecular complexity index is 972. The molecule has 2 N–H and O–H groups in total. The molecule has 6 nitrogen and oxygen atoms in total. The molecule has 0 aliphatic carbocycles. The Hall–Kier alpha value is -2.28. The lowest BCUT2D eigenvalue weighted by molar-refractivity contribution is 0.281. The zero-order valence-corrected chi connectivity index (χ0v) is 16.2. The predicted molar refractivity (Wildman–Crippen MR) is 108 cm³/mol. The number of nitrogens with one attached hydrogen (secondary N) is 1. The summed E-state index contributed by atoms with van der Waals surface area (Å²) in [5.41, 5.74) is 4.35. The number of nitrogens with zero attached hydrogens (tertiary/aromatic N) is 3. The summed E-state index contributed by atoms with van der Waals surface area (Å²) in [4.78, 5) is 7.18. The van der Waals surface area contributed by atoms with Crippen molar-refractivity contribution in [1.29, 1.82) is 0 Å². The largest absolute Gasteiger partial charge is 0.495 e. The lowest BCUT2D eigenvalue weighted by Gasteiger charge is -2.35. The molecule has 2 aromatic heterocycles. The van der Waals surface area contributed by atoms with E-state index in [-0.39, 0.29) is 6.61 Å². The molecular formula is C20H23ClN4O2. The number of rotatable bonds is 4. The molecule has 0 saturated carbocycles. The molecule has 0 spiro atoms. The molecular weight excluding hydrogens is 364 g/mol. The SMILES string of the molecule is COc1cc(CO)c(-c2cn3ccc(N4CCNCC4C)cc3n2)cc1Cl. The number of ether oxygens (including phenoxy) is 1. The number of aliphatic hydroxyl groups is 1. The molecule has 0 amide bonds. The highest BCUT2D eigenvalue weighted by Gasteiger charge is 2.19. The second-order valence-corrected chi connectivity index (χ2v) is 7.23. The van der Waals surface area contributed by atoms with Crippen LogP contribution < -0.4 is 15.0 Å². The molecule has 3 aromatic rings. The molecule has 27 heavy (non-hydrogen) atoms. The van der Waals surface area contributed by atoms with Gasteiger partial charge in [0.25, 0.3) is 0 Å². The average Bonchev–Trinajstić information content (AvgIpc) is 3.11. The number of hydrogen-bond donors (Lipinski definition) is 2. The lowest BCUT2D eigenvalue weighted by Crippen LogP contribution is -2.49. The minimum absolute atomic E-state index is 0.111. The van der Waals surface area contributed by atoms with Gasteiger partial charge >= 0.3 is 0 Å². The van der Waals surface area contributed by atoms with E-state index in [1.54, 1.807) is 19.2 Å². The predicted octanol–water partition coefficient (Wildman–Crippen LogP) is 2.95. The molecule has 1 aliphatic heterocycles. The molecule has 0 radical (unpaired) electrons. The molecule has 4 rings (SSSR count). The number of aliphatic hydroxyl groups excluding tert-OH is 1. The third-order valence-electron chi connectivity index (χ3n) is 5.10. The van der Waals surface area contributed by atoms with Crippen molar-refractivity contribution >= 4 is 22.9 Å². The summed E-state index contributed by atoms with van der Waals surface area (Å²) < 4.78 is 7.24. The van der Waals surface area contributed by atoms with Crippen molar-refractivity contribution in [2.75, 3.05) is 31.6 Å². The van der Waals surface area contributed by atoms with E-state index >= 15 is 0 Å². The smallest absolute Gasteiger partial charge is 0.139 e. The van der Waals surface area contributed by atoms with Gasteiger partial charge in [-0.05, 0) is 30.7 Å². The van der Waals surface area contributed by atoms with E-state index in [0.717, 1.165) is 42.1 Å². The number of anilines is 1. The van der Waals surface area contributed by atoms with Crippen molar-refractivity contribution in [2.45, 2.75) is 19.6 Å². The van der Waals surface area contributed by atoms with Crippen LogP contribution in [0.4, 0.5) is 5.69 Å². The highest BCUT2D eigenvalue weighted by Crippen LogP contribution is 2.34. The van der Waals surface area contributed by atoms with Gasteiger partial charge < -0.3 is 24.5 Å². The van der Waals surface area contributed by atoms with E-state index in [9.17, 15) is 5.11 Å². The molecule has 1 aromatic carbocycles. The summed E-state index contributed by atoms with van der Waals surface area (Å²) in [5.74, 6) is 0.545. The normalized spacial score (nSPS) is 17.5. The standard InChI is InChI=1S/C20H23ClN4O2/c1-13-10-22-4-6-25(13)15-3-5-24-11-18(23-20(24)8-15)16-9-17(21)19(27-2)7-14(16)12-26/h3,5,7-9,11,13,22,26H,4,6,10,12H2,1-2H3. The topological polar surface area (TPSA) is 62.0 Å². The third-order valence-corrected chi connectivity index (χ3v) is 5.40. The van der Waals surface area contributed by atoms with Gasteiger partial charge in [-0.2, -0.15) is 0 Å². The number of piperazine rings is 1. The van der Waals surface area contributed by atoms with E-state index in [0.29, 0.717) is 16.8 Å². The van der Waals surface area contributed by atoms with Crippen LogP contribution in [0, 0.1) is 0 Å². The fourth-order valence-corrected chi connectivity index (χ4v) is 3.87. The number of imidazole rings is 1. The van der Waals surface area contributed by atoms with E-state index < -0.39 is 0 Å². The van der Waals surface area contributed by atoms with Crippen LogP contribution in [-0.4, -0.2) is 47.3 Å². The number of aromatic nitrogens is 2. The van der Waals surface area contributed by atoms with Crippen molar-refractivity contribution in [2.24, 2.45) is 0 Å². The quantitative estimate of drug-likeness (QED) is 0.721. The summed E-state index contributed by atoms with van der Waals surface area (Å²) in [6.07, 6.45) is 3.98. The van der Waals surface area contributed by atoms with Gasteiger partial charge in [0.2, 0.25) is 0 Å². The molecule has 0 bridgehead atoms. The Balaban J connectivity index is 1.75. The van der Waals surface area contributed by atoms with Gasteiger partial charge in [-0.1, -0.05) is 11.6 Å². The van der Waals surface area contributed by atoms with Gasteiger partial charge in [0.1, 0.15) is 11.4 Å². The Morgan fingerprint density at radius 2 is 2.22 bits per heavy atom. The van der Waals surface area contributed by atoms with Crippen LogP contribution in [0.2, 0.25) is 5.02 Å². The molecule has 1 saturated heterocycles. The van der Waals surface area contributed by atoms with Crippen LogP contribution in [0.15, 0.2) is 36.7 Å². The van der Waals surface area contributed by atoms with Crippen LogP contribution >= 0.6 is 11.6 Å². The Labute approximate surface area is 163 Å². The van der Waals surface area contributed by atoms with Crippen molar-refractivity contribution in [3.8, 4) is 17.0 Å². The van der Waals surface area contributed by atoms with Crippen molar-refractivity contribution in [3.05, 3.63) is 47.2 Å². The Morgan fingerprint density at radius 3 is 2.96 bits per heavy atom. The highest BCUT2D eigenvalue weighted by atomic mass is 35.5. The zero-order valence-electron chi connectivity index (χ0n) is 15.4. The maximum atomic E-state index is 9.76. The number of pyridine rings is 1. The maximum absolute atomic E-state index is 9.76. The molecule has 1 fully saturated rings. The maximum Gasteiger partial charge on any atom is 0.139 e. The lowest BCUT2D eigenvalue weighted by atomic mass is 10.1. The van der Waals surface area contributed by atoms with Crippen LogP contribution in [0.1, 0.15) is 12.5 Å². The first-order valence-electron chi connectivity index (χ1n) is 9.04. The zero-order chi connectivity index (χ0) is 19.0. The number of methoxy groups -OCH3 is 1. The van der Waals surface area contributed by atoms with E-state index in [4.69, 9.17) is 21.3 Å². The van der Waals surface area contributed by atoms with E-state index in [1.165, 1.54) is 5.69 Å². The Kier molecular flexibility index (Phi) is 4.95. The second kappa shape index (κ2) is 7.38. The van der Waals surface area contributed by atoms with Gasteiger partial charge in [-0.3, -0.25) is 0 Å². The molecule has 1 unspecified atom stereocenters. The van der Waals surface area contributed by atoms with Gasteiger partial charge in [-0.15, -0.1) is 0 Å². The van der Waals surface area contributed by atoms with Crippen molar-refractivity contribution in [3.63, 3.8) is 0 Å². The van der Waals surface area contributed by atoms with Crippen LogP contribution in [0.5, 0.6) is 5.75 Å². The van der Waals surface area contributed by atoms with E-state index in [2.05, 4.69) is 29.3 Å². The van der Waals surface area contributed by atoms with Gasteiger partial charge in [0.15, 0.2) is 0 Å². The van der Waals surface area contributed by atoms with E-state index in [1.807, 2.05) is 16.8 Å².